The summed E-state index contributed by atoms with van der Waals surface area (Å²) in [6.45, 7) is 11.5. The van der Waals surface area contributed by atoms with Gasteiger partial charge in [0.25, 0.3) is 0 Å². The van der Waals surface area contributed by atoms with Gasteiger partial charge < -0.3 is 15.5 Å². The number of aryl methyl sites for hydroxylation is 1. The van der Waals surface area contributed by atoms with E-state index in [4.69, 9.17) is 0 Å². The maximum Gasteiger partial charge on any atom is 0.191 e. The first-order valence-corrected chi connectivity index (χ1v) is 8.09. The van der Waals surface area contributed by atoms with Crippen molar-refractivity contribution < 1.29 is 0 Å². The fraction of sp³-hybridized carbons (Fsp3) is 0.714. The smallest absolute Gasteiger partial charge is 0.191 e. The lowest BCUT2D eigenvalue weighted by Gasteiger charge is -2.18. The second-order valence-electron chi connectivity index (χ2n) is 4.60. The maximum absolute atomic E-state index is 4.33. The molecule has 0 saturated carbocycles. The average Bonchev–Trinajstić information content (AvgIpc) is 2.88. The van der Waals surface area contributed by atoms with Crippen molar-refractivity contribution in [2.24, 2.45) is 4.99 Å². The molecule has 0 aromatic carbocycles. The molecule has 2 N–H and O–H groups in total. The SMILES string of the molecule is CCN(CC)CCCNC(=NC)NCc1ncc(C)s1.I. The molecule has 1 aromatic rings. The van der Waals surface area contributed by atoms with Crippen molar-refractivity contribution in [3.8, 4) is 0 Å². The summed E-state index contributed by atoms with van der Waals surface area (Å²) in [5.41, 5.74) is 0. The van der Waals surface area contributed by atoms with Crippen LogP contribution in [0, 0.1) is 6.92 Å². The largest absolute Gasteiger partial charge is 0.356 e. The fourth-order valence-corrected chi connectivity index (χ4v) is 2.64. The number of hydrogen-bond acceptors (Lipinski definition) is 4. The van der Waals surface area contributed by atoms with E-state index >= 15 is 0 Å². The molecule has 122 valence electrons. The number of halogens is 1. The molecule has 5 nitrogen and oxygen atoms in total. The van der Waals surface area contributed by atoms with Crippen molar-refractivity contribution in [1.29, 1.82) is 0 Å². The van der Waals surface area contributed by atoms with Crippen LogP contribution < -0.4 is 10.6 Å². The van der Waals surface area contributed by atoms with E-state index in [1.165, 1.54) is 4.88 Å². The molecule has 0 atom stereocenters. The van der Waals surface area contributed by atoms with Gasteiger partial charge in [0.15, 0.2) is 5.96 Å². The second-order valence-corrected chi connectivity index (χ2v) is 5.92. The van der Waals surface area contributed by atoms with E-state index < -0.39 is 0 Å². The van der Waals surface area contributed by atoms with Gasteiger partial charge in [-0.3, -0.25) is 4.99 Å². The molecule has 1 rings (SSSR count). The number of nitrogens with zero attached hydrogens (tertiary/aromatic N) is 3. The summed E-state index contributed by atoms with van der Waals surface area (Å²) < 4.78 is 0. The lowest BCUT2D eigenvalue weighted by Crippen LogP contribution is -2.38. The Balaban J connectivity index is 0.00000400. The third-order valence-electron chi connectivity index (χ3n) is 3.14. The van der Waals surface area contributed by atoms with E-state index in [0.717, 1.165) is 50.1 Å². The quantitative estimate of drug-likeness (QED) is 0.291. The Bertz CT molecular complexity index is 404. The minimum absolute atomic E-state index is 0. The van der Waals surface area contributed by atoms with Crippen LogP contribution in [-0.4, -0.2) is 49.1 Å². The van der Waals surface area contributed by atoms with Gasteiger partial charge in [0, 0.05) is 24.7 Å². The van der Waals surface area contributed by atoms with Crippen molar-refractivity contribution in [3.63, 3.8) is 0 Å². The Kier molecular flexibility index (Phi) is 11.9. The molecule has 0 aliphatic heterocycles. The Morgan fingerprint density at radius 2 is 2.05 bits per heavy atom. The zero-order valence-electron chi connectivity index (χ0n) is 13.5. The van der Waals surface area contributed by atoms with Gasteiger partial charge in [-0.15, -0.1) is 35.3 Å². The number of aromatic nitrogens is 1. The molecule has 0 spiro atoms. The highest BCUT2D eigenvalue weighted by atomic mass is 127. The van der Waals surface area contributed by atoms with Crippen LogP contribution in [0.5, 0.6) is 0 Å². The van der Waals surface area contributed by atoms with Crippen LogP contribution in [0.2, 0.25) is 0 Å². The van der Waals surface area contributed by atoms with Crippen molar-refractivity contribution in [1.82, 2.24) is 20.5 Å². The number of rotatable bonds is 8. The topological polar surface area (TPSA) is 52.5 Å². The van der Waals surface area contributed by atoms with E-state index in [0.29, 0.717) is 0 Å². The Labute approximate surface area is 149 Å². The molecule has 1 heterocycles. The lowest BCUT2D eigenvalue weighted by atomic mass is 10.3. The van der Waals surface area contributed by atoms with Gasteiger partial charge in [0.1, 0.15) is 5.01 Å². The van der Waals surface area contributed by atoms with Crippen LogP contribution in [0.4, 0.5) is 0 Å². The van der Waals surface area contributed by atoms with Gasteiger partial charge in [-0.05, 0) is 33.0 Å². The second kappa shape index (κ2) is 12.2. The van der Waals surface area contributed by atoms with E-state index in [2.05, 4.69) is 46.3 Å². The third kappa shape index (κ3) is 8.57. The molecule has 0 bridgehead atoms. The Morgan fingerprint density at radius 1 is 1.33 bits per heavy atom. The standard InChI is InChI=1S/C14H27N5S.HI/c1-5-19(6-2)9-7-8-16-14(15-4)18-11-13-17-10-12(3)20-13;/h10H,5-9,11H2,1-4H3,(H2,15,16,18);1H. The molecule has 7 heteroatoms. The predicted octanol–water partition coefficient (Wildman–Crippen LogP) is 2.47. The lowest BCUT2D eigenvalue weighted by molar-refractivity contribution is 0.300. The fourth-order valence-electron chi connectivity index (χ4n) is 1.91. The minimum Gasteiger partial charge on any atom is -0.356 e. The van der Waals surface area contributed by atoms with E-state index in [1.54, 1.807) is 18.4 Å². The number of guanidine groups is 1. The maximum atomic E-state index is 4.33. The van der Waals surface area contributed by atoms with E-state index in [-0.39, 0.29) is 24.0 Å². The zero-order valence-corrected chi connectivity index (χ0v) is 16.6. The molecule has 0 saturated heterocycles. The Hall–Kier alpha value is -0.410. The van der Waals surface area contributed by atoms with Crippen LogP contribution in [-0.2, 0) is 6.54 Å². The summed E-state index contributed by atoms with van der Waals surface area (Å²) in [7, 11) is 1.80. The molecule has 0 fully saturated rings. The molecular formula is C14H28IN5S. The van der Waals surface area contributed by atoms with Gasteiger partial charge in [-0.25, -0.2) is 4.98 Å². The molecular weight excluding hydrogens is 397 g/mol. The number of aliphatic imine (C=N–C) groups is 1. The van der Waals surface area contributed by atoms with Crippen LogP contribution in [0.25, 0.3) is 0 Å². The Morgan fingerprint density at radius 3 is 2.57 bits per heavy atom. The van der Waals surface area contributed by atoms with Gasteiger partial charge in [-0.2, -0.15) is 0 Å². The monoisotopic (exact) mass is 425 g/mol. The average molecular weight is 425 g/mol. The van der Waals surface area contributed by atoms with E-state index in [9.17, 15) is 0 Å². The highest BCUT2D eigenvalue weighted by Gasteiger charge is 2.02. The molecule has 0 aliphatic rings. The summed E-state index contributed by atoms with van der Waals surface area (Å²) in [6.07, 6.45) is 3.03. The third-order valence-corrected chi connectivity index (χ3v) is 4.05. The van der Waals surface area contributed by atoms with Crippen LogP contribution in [0.15, 0.2) is 11.2 Å². The van der Waals surface area contributed by atoms with Gasteiger partial charge in [0.2, 0.25) is 0 Å². The first-order valence-electron chi connectivity index (χ1n) is 7.27. The molecule has 1 aromatic heterocycles. The van der Waals surface area contributed by atoms with Gasteiger partial charge in [0.05, 0.1) is 6.54 Å². The molecule has 0 radical (unpaired) electrons. The molecule has 21 heavy (non-hydrogen) atoms. The van der Waals surface area contributed by atoms with Crippen LogP contribution >= 0.6 is 35.3 Å². The molecule has 0 unspecified atom stereocenters. The van der Waals surface area contributed by atoms with Gasteiger partial charge >= 0.3 is 0 Å². The normalized spacial score (nSPS) is 11.4. The van der Waals surface area contributed by atoms with Crippen LogP contribution in [0.3, 0.4) is 0 Å². The van der Waals surface area contributed by atoms with Gasteiger partial charge in [-0.1, -0.05) is 13.8 Å². The number of nitrogens with one attached hydrogen (secondary N) is 2. The van der Waals surface area contributed by atoms with Crippen molar-refractivity contribution in [2.45, 2.75) is 33.7 Å². The highest BCUT2D eigenvalue weighted by Crippen LogP contribution is 2.10. The summed E-state index contributed by atoms with van der Waals surface area (Å²) in [5, 5.41) is 7.72. The summed E-state index contributed by atoms with van der Waals surface area (Å²) in [5.74, 6) is 0.845. The zero-order chi connectivity index (χ0) is 14.8. The number of hydrogen-bond donors (Lipinski definition) is 2. The number of thiazole rings is 1. The highest BCUT2D eigenvalue weighted by molar-refractivity contribution is 14.0. The van der Waals surface area contributed by atoms with Crippen LogP contribution in [0.1, 0.15) is 30.2 Å². The predicted molar refractivity (Wildman–Crippen MR) is 103 cm³/mol. The van der Waals surface area contributed by atoms with Crippen molar-refractivity contribution >= 4 is 41.3 Å². The first kappa shape index (κ1) is 20.6. The van der Waals surface area contributed by atoms with Crippen molar-refractivity contribution in [2.75, 3.05) is 33.2 Å². The summed E-state index contributed by atoms with van der Waals surface area (Å²) >= 11 is 1.72. The van der Waals surface area contributed by atoms with E-state index in [1.807, 2.05) is 6.20 Å². The minimum atomic E-state index is 0. The molecule has 0 aliphatic carbocycles. The summed E-state index contributed by atoms with van der Waals surface area (Å²) in [4.78, 5) is 12.2. The summed E-state index contributed by atoms with van der Waals surface area (Å²) in [6, 6.07) is 0. The van der Waals surface area contributed by atoms with Crippen molar-refractivity contribution in [3.05, 3.63) is 16.1 Å². The molecule has 0 amide bonds. The first-order chi connectivity index (χ1) is 9.69.